The van der Waals surface area contributed by atoms with Crippen LogP contribution in [-0.2, 0) is 6.18 Å². The molecule has 0 amide bonds. The second kappa shape index (κ2) is 3.92. The van der Waals surface area contributed by atoms with E-state index in [0.29, 0.717) is 6.07 Å². The molecule has 0 aliphatic rings. The van der Waals surface area contributed by atoms with Crippen LogP contribution in [0.3, 0.4) is 0 Å². The first-order valence-electron chi connectivity index (χ1n) is 3.51. The zero-order valence-corrected chi connectivity index (χ0v) is 8.42. The second-order valence-electron chi connectivity index (χ2n) is 2.57. The van der Waals surface area contributed by atoms with Crippen molar-refractivity contribution in [3.8, 4) is 0 Å². The first-order chi connectivity index (χ1) is 6.73. The molecule has 0 radical (unpaired) electrons. The maximum Gasteiger partial charge on any atom is 0.419 e. The highest BCUT2D eigenvalue weighted by Crippen LogP contribution is 2.38. The molecule has 0 aromatic carbocycles. The van der Waals surface area contributed by atoms with E-state index in [9.17, 15) is 26.7 Å². The maximum atomic E-state index is 12.3. The first kappa shape index (κ1) is 12.2. The maximum absolute atomic E-state index is 12.3. The molecule has 0 spiro atoms. The molecule has 1 rings (SSSR count). The minimum absolute atomic E-state index is 0.550. The fourth-order valence-electron chi connectivity index (χ4n) is 0.999. The third-order valence-corrected chi connectivity index (χ3v) is 2.15. The van der Waals surface area contributed by atoms with Gasteiger partial charge in [0, 0.05) is 10.5 Å². The van der Waals surface area contributed by atoms with Crippen molar-refractivity contribution in [2.24, 2.45) is 0 Å². The van der Waals surface area contributed by atoms with Gasteiger partial charge in [0.05, 0.1) is 11.3 Å². The number of rotatable bonds is 1. The van der Waals surface area contributed by atoms with Crippen molar-refractivity contribution in [1.29, 1.82) is 0 Å². The van der Waals surface area contributed by atoms with Crippen LogP contribution in [0.4, 0.5) is 22.0 Å². The van der Waals surface area contributed by atoms with Crippen molar-refractivity contribution in [3.05, 3.63) is 32.2 Å². The molecule has 1 aromatic rings. The Hall–Kier alpha value is -0.920. The van der Waals surface area contributed by atoms with Crippen LogP contribution in [-0.4, -0.2) is 4.98 Å². The lowest BCUT2D eigenvalue weighted by molar-refractivity contribution is -0.140. The molecule has 0 saturated heterocycles. The molecule has 8 heteroatoms. The predicted octanol–water partition coefficient (Wildman–Crippen LogP) is 3.09. The number of H-pyrrole nitrogens is 1. The highest BCUT2D eigenvalue weighted by Gasteiger charge is 2.38. The summed E-state index contributed by atoms with van der Waals surface area (Å²) in [4.78, 5) is 12.2. The van der Waals surface area contributed by atoms with E-state index in [4.69, 9.17) is 0 Å². The van der Waals surface area contributed by atoms with Gasteiger partial charge >= 0.3 is 6.18 Å². The summed E-state index contributed by atoms with van der Waals surface area (Å²) in [7, 11) is 0. The number of pyridine rings is 1. The van der Waals surface area contributed by atoms with Crippen LogP contribution in [0.2, 0.25) is 0 Å². The second-order valence-corrected chi connectivity index (χ2v) is 3.42. The third kappa shape index (κ3) is 2.55. The minimum atomic E-state index is -4.95. The molecule has 1 N–H and O–H groups in total. The molecule has 0 aliphatic carbocycles. The Labute approximate surface area is 88.2 Å². The summed E-state index contributed by atoms with van der Waals surface area (Å²) in [6, 6.07) is 0.550. The molecule has 1 heterocycles. The third-order valence-electron chi connectivity index (χ3n) is 1.53. The first-order valence-corrected chi connectivity index (χ1v) is 4.31. The average molecular weight is 292 g/mol. The van der Waals surface area contributed by atoms with Crippen LogP contribution < -0.4 is 5.56 Å². The van der Waals surface area contributed by atoms with E-state index in [1.807, 2.05) is 0 Å². The minimum Gasteiger partial charge on any atom is -0.321 e. The quantitative estimate of drug-likeness (QED) is 0.793. The van der Waals surface area contributed by atoms with E-state index in [0.717, 1.165) is 0 Å². The van der Waals surface area contributed by atoms with Gasteiger partial charge in [0.2, 0.25) is 5.56 Å². The molecule has 0 aliphatic heterocycles. The van der Waals surface area contributed by atoms with Gasteiger partial charge in [0.25, 0.3) is 6.43 Å². The fraction of sp³-hybridized carbons (Fsp3) is 0.286. The number of hydrogen-bond acceptors (Lipinski definition) is 1. The lowest BCUT2D eigenvalue weighted by Crippen LogP contribution is -2.18. The number of hydrogen-bond donors (Lipinski definition) is 1. The van der Waals surface area contributed by atoms with Crippen LogP contribution >= 0.6 is 15.9 Å². The number of aromatic amines is 1. The molecular formula is C7H3BrF5NO. The summed E-state index contributed by atoms with van der Waals surface area (Å²) >= 11 is 2.43. The van der Waals surface area contributed by atoms with Crippen molar-refractivity contribution < 1.29 is 22.0 Å². The Kier molecular flexibility index (Phi) is 3.17. The zero-order chi connectivity index (χ0) is 11.8. The topological polar surface area (TPSA) is 32.9 Å². The molecule has 0 fully saturated rings. The fourth-order valence-corrected chi connectivity index (χ4v) is 1.65. The van der Waals surface area contributed by atoms with Gasteiger partial charge in [0.1, 0.15) is 0 Å². The zero-order valence-electron chi connectivity index (χ0n) is 6.83. The molecule has 15 heavy (non-hydrogen) atoms. The number of alkyl halides is 5. The summed E-state index contributed by atoms with van der Waals surface area (Å²) < 4.78 is 60.7. The van der Waals surface area contributed by atoms with Gasteiger partial charge in [-0.2, -0.15) is 13.2 Å². The van der Waals surface area contributed by atoms with Gasteiger partial charge in [-0.3, -0.25) is 4.79 Å². The molecule has 0 saturated carbocycles. The number of aromatic nitrogens is 1. The summed E-state index contributed by atoms with van der Waals surface area (Å²) in [6.45, 7) is 0. The largest absolute Gasteiger partial charge is 0.419 e. The summed E-state index contributed by atoms with van der Waals surface area (Å²) in [5.41, 5.74) is -4.01. The van der Waals surface area contributed by atoms with Gasteiger partial charge in [-0.05, 0) is 15.9 Å². The lowest BCUT2D eigenvalue weighted by atomic mass is 10.2. The van der Waals surface area contributed by atoms with E-state index in [2.05, 4.69) is 15.9 Å². The van der Waals surface area contributed by atoms with Crippen molar-refractivity contribution in [1.82, 2.24) is 4.98 Å². The monoisotopic (exact) mass is 291 g/mol. The van der Waals surface area contributed by atoms with Gasteiger partial charge in [-0.15, -0.1) is 0 Å². The van der Waals surface area contributed by atoms with E-state index in [1.54, 1.807) is 0 Å². The van der Waals surface area contributed by atoms with E-state index >= 15 is 0 Å². The average Bonchev–Trinajstić information content (AvgIpc) is 1.99. The van der Waals surface area contributed by atoms with E-state index in [1.165, 1.54) is 4.98 Å². The van der Waals surface area contributed by atoms with Crippen LogP contribution in [0.5, 0.6) is 0 Å². The Morgan fingerprint density at radius 2 is 1.87 bits per heavy atom. The van der Waals surface area contributed by atoms with Crippen molar-refractivity contribution >= 4 is 15.9 Å². The predicted molar refractivity (Wildman–Crippen MR) is 44.7 cm³/mol. The lowest BCUT2D eigenvalue weighted by Gasteiger charge is -2.13. The van der Waals surface area contributed by atoms with Gasteiger partial charge < -0.3 is 4.98 Å². The Morgan fingerprint density at radius 1 is 1.33 bits per heavy atom. The molecule has 84 valence electrons. The molecule has 0 atom stereocenters. The molecule has 0 unspecified atom stereocenters. The summed E-state index contributed by atoms with van der Waals surface area (Å²) in [6.07, 6.45) is -8.35. The van der Waals surface area contributed by atoms with Crippen LogP contribution in [0.1, 0.15) is 17.7 Å². The summed E-state index contributed by atoms with van der Waals surface area (Å²) in [5, 5.41) is 0. The van der Waals surface area contributed by atoms with Crippen LogP contribution in [0.15, 0.2) is 15.3 Å². The Bertz CT molecular complexity index is 424. The number of halogens is 6. The number of nitrogens with one attached hydrogen (secondary N) is 1. The van der Waals surface area contributed by atoms with Gasteiger partial charge in [0.15, 0.2) is 0 Å². The van der Waals surface area contributed by atoms with Crippen molar-refractivity contribution in [3.63, 3.8) is 0 Å². The standard InChI is InChI=1S/C7H3BrF5NO/c8-2-1-3(15)14-5(6(9)10)4(2)7(11,12)13/h1,6H,(H,14,15). The molecular weight excluding hydrogens is 289 g/mol. The SMILES string of the molecule is O=c1cc(Br)c(C(F)(F)F)c(C(F)F)[nH]1. The highest BCUT2D eigenvalue weighted by molar-refractivity contribution is 9.10. The normalized spacial score (nSPS) is 12.2. The smallest absolute Gasteiger partial charge is 0.321 e. The van der Waals surface area contributed by atoms with Crippen LogP contribution in [0.25, 0.3) is 0 Å². The highest BCUT2D eigenvalue weighted by atomic mass is 79.9. The van der Waals surface area contributed by atoms with Crippen molar-refractivity contribution in [2.75, 3.05) is 0 Å². The molecule has 1 aromatic heterocycles. The van der Waals surface area contributed by atoms with Crippen LogP contribution in [0, 0.1) is 0 Å². The Morgan fingerprint density at radius 3 is 2.27 bits per heavy atom. The molecule has 0 bridgehead atoms. The van der Waals surface area contributed by atoms with Gasteiger partial charge in [-0.25, -0.2) is 8.78 Å². The molecule has 2 nitrogen and oxygen atoms in total. The van der Waals surface area contributed by atoms with E-state index < -0.39 is 33.9 Å². The van der Waals surface area contributed by atoms with E-state index in [-0.39, 0.29) is 0 Å². The van der Waals surface area contributed by atoms with Crippen molar-refractivity contribution in [2.45, 2.75) is 12.6 Å². The Balaban J connectivity index is 3.55. The summed E-state index contributed by atoms with van der Waals surface area (Å²) in [5.74, 6) is 0. The van der Waals surface area contributed by atoms with Gasteiger partial charge in [-0.1, -0.05) is 0 Å².